The maximum Gasteiger partial charge on any atom is 0.410 e. The summed E-state index contributed by atoms with van der Waals surface area (Å²) in [7, 11) is 3.35. The molecule has 3 aromatic carbocycles. The summed E-state index contributed by atoms with van der Waals surface area (Å²) in [5, 5.41) is 18.9. The molecule has 1 aliphatic heterocycles. The Morgan fingerprint density at radius 2 is 1.67 bits per heavy atom. The van der Waals surface area contributed by atoms with E-state index < -0.39 is 11.6 Å². The Hall–Kier alpha value is -6.34. The van der Waals surface area contributed by atoms with E-state index in [-0.39, 0.29) is 42.2 Å². The van der Waals surface area contributed by atoms with Crippen molar-refractivity contribution in [3.05, 3.63) is 95.1 Å². The van der Waals surface area contributed by atoms with Crippen molar-refractivity contribution in [1.29, 1.82) is 5.26 Å². The number of aromatic nitrogens is 5. The lowest BCUT2D eigenvalue weighted by Gasteiger charge is -2.35. The normalized spacial score (nSPS) is 13.9. The van der Waals surface area contributed by atoms with Crippen LogP contribution in [0.2, 0.25) is 0 Å². The second-order valence-corrected chi connectivity index (χ2v) is 14.5. The van der Waals surface area contributed by atoms with Crippen LogP contribution in [0.4, 0.5) is 32.7 Å². The lowest BCUT2D eigenvalue weighted by Crippen LogP contribution is -2.49. The quantitative estimate of drug-likeness (QED) is 0.130. The second kappa shape index (κ2) is 16.8. The molecule has 0 aliphatic carbocycles. The third-order valence-corrected chi connectivity index (χ3v) is 8.72. The van der Waals surface area contributed by atoms with Gasteiger partial charge in [-0.05, 0) is 74.4 Å². The average Bonchev–Trinajstić information content (AvgIpc) is 3.55. The number of carbonyl (C=O) groups excluding carboxylic acids is 2. The van der Waals surface area contributed by atoms with E-state index in [1.54, 1.807) is 37.2 Å². The molecule has 0 bridgehead atoms. The van der Waals surface area contributed by atoms with Gasteiger partial charge in [0.15, 0.2) is 0 Å². The van der Waals surface area contributed by atoms with Crippen LogP contribution >= 0.6 is 0 Å². The largest absolute Gasteiger partial charge is 0.444 e. The predicted molar refractivity (Wildman–Crippen MR) is 207 cm³/mol. The van der Waals surface area contributed by atoms with Gasteiger partial charge in [0, 0.05) is 58.9 Å². The van der Waals surface area contributed by atoms with Crippen LogP contribution in [0.25, 0.3) is 11.0 Å². The highest BCUT2D eigenvalue weighted by atomic mass is 19.1. The number of nitrogens with one attached hydrogen (secondary N) is 4. The van der Waals surface area contributed by atoms with Crippen LogP contribution in [-0.4, -0.2) is 104 Å². The molecule has 1 fully saturated rings. The fraction of sp³-hybridized carbons (Fsp3) is 0.359. The van der Waals surface area contributed by atoms with Gasteiger partial charge in [0.2, 0.25) is 23.8 Å². The summed E-state index contributed by atoms with van der Waals surface area (Å²) >= 11 is 0. The minimum Gasteiger partial charge on any atom is -0.444 e. The number of rotatable bonds is 12. The first-order valence-electron chi connectivity index (χ1n) is 18.0. The standard InChI is InChI=1S/C39H45FN12O3/c1-39(2,3)55-38(54)52-17-15-51(16-18-52)24-27-7-6-8-29(19-27)43-36-47-35(42-23-33-44-30-14-13-28(40)21-31(30)45-33)48-37(49-36)46-32(34(53)50(4)5)20-25-9-11-26(22-41)12-10-25/h6-14,19,21,32H,15-18,20,23-24H2,1-5H3,(H,44,45)(H3,42,43,46,47,48,49)/t32-/m0/s1. The smallest absolute Gasteiger partial charge is 0.410 e. The summed E-state index contributed by atoms with van der Waals surface area (Å²) in [4.78, 5) is 53.0. The molecule has 5 aromatic rings. The molecule has 16 heteroatoms. The Kier molecular flexibility index (Phi) is 11.7. The first kappa shape index (κ1) is 38.4. The Morgan fingerprint density at radius 3 is 2.38 bits per heavy atom. The van der Waals surface area contributed by atoms with Crippen molar-refractivity contribution in [3.8, 4) is 6.07 Å². The minimum absolute atomic E-state index is 0.152. The van der Waals surface area contributed by atoms with Gasteiger partial charge in [-0.1, -0.05) is 24.3 Å². The number of hydrogen-bond donors (Lipinski definition) is 4. The summed E-state index contributed by atoms with van der Waals surface area (Å²) in [5.41, 5.74) is 3.82. The average molecular weight is 749 g/mol. The highest BCUT2D eigenvalue weighted by Gasteiger charge is 2.26. The van der Waals surface area contributed by atoms with Crippen molar-refractivity contribution in [2.75, 3.05) is 56.2 Å². The number of ether oxygens (including phenoxy) is 1. The lowest BCUT2D eigenvalue weighted by molar-refractivity contribution is -0.129. The van der Waals surface area contributed by atoms with Crippen LogP contribution in [0.15, 0.2) is 66.7 Å². The Bertz CT molecular complexity index is 2170. The third-order valence-electron chi connectivity index (χ3n) is 8.72. The van der Waals surface area contributed by atoms with Crippen LogP contribution in [0.1, 0.15) is 43.3 Å². The summed E-state index contributed by atoms with van der Waals surface area (Å²) in [5.74, 6) is 0.574. The molecule has 55 heavy (non-hydrogen) atoms. The van der Waals surface area contributed by atoms with Gasteiger partial charge in [-0.3, -0.25) is 9.69 Å². The van der Waals surface area contributed by atoms with E-state index in [0.717, 1.165) is 16.8 Å². The topological polar surface area (TPSA) is 180 Å². The lowest BCUT2D eigenvalue weighted by atomic mass is 10.0. The third kappa shape index (κ3) is 10.6. The van der Waals surface area contributed by atoms with E-state index >= 15 is 0 Å². The Labute approximate surface area is 318 Å². The van der Waals surface area contributed by atoms with Crippen LogP contribution in [0.5, 0.6) is 0 Å². The number of aromatic amines is 1. The van der Waals surface area contributed by atoms with Gasteiger partial charge in [0.05, 0.1) is 29.2 Å². The molecule has 2 amide bonds. The van der Waals surface area contributed by atoms with Gasteiger partial charge in [0.25, 0.3) is 0 Å². The highest BCUT2D eigenvalue weighted by Crippen LogP contribution is 2.21. The summed E-state index contributed by atoms with van der Waals surface area (Å²) in [6.45, 7) is 9.05. The molecule has 15 nitrogen and oxygen atoms in total. The monoisotopic (exact) mass is 748 g/mol. The van der Waals surface area contributed by atoms with E-state index in [1.807, 2.05) is 57.2 Å². The minimum atomic E-state index is -0.740. The van der Waals surface area contributed by atoms with Crippen molar-refractivity contribution in [1.82, 2.24) is 39.6 Å². The summed E-state index contributed by atoms with van der Waals surface area (Å²) < 4.78 is 19.4. The summed E-state index contributed by atoms with van der Waals surface area (Å²) in [6, 6.07) is 20.7. The molecule has 0 spiro atoms. The highest BCUT2D eigenvalue weighted by molar-refractivity contribution is 5.84. The molecular formula is C39H45FN12O3. The maximum absolute atomic E-state index is 13.8. The first-order chi connectivity index (χ1) is 26.3. The van der Waals surface area contributed by atoms with Crippen molar-refractivity contribution in [2.24, 2.45) is 0 Å². The molecule has 2 aromatic heterocycles. The Morgan fingerprint density at radius 1 is 0.945 bits per heavy atom. The van der Waals surface area contributed by atoms with Gasteiger partial charge in [-0.2, -0.15) is 20.2 Å². The van der Waals surface area contributed by atoms with Crippen LogP contribution in [-0.2, 0) is 29.0 Å². The van der Waals surface area contributed by atoms with E-state index in [0.29, 0.717) is 61.6 Å². The molecule has 1 saturated heterocycles. The van der Waals surface area contributed by atoms with Gasteiger partial charge in [-0.25, -0.2) is 14.2 Å². The van der Waals surface area contributed by atoms with Crippen LogP contribution in [0.3, 0.4) is 0 Å². The number of nitriles is 1. The van der Waals surface area contributed by atoms with Crippen molar-refractivity contribution >= 4 is 46.6 Å². The number of carbonyl (C=O) groups is 2. The molecule has 286 valence electrons. The molecule has 0 radical (unpaired) electrons. The van der Waals surface area contributed by atoms with Gasteiger partial charge in [0.1, 0.15) is 23.3 Å². The number of imidazole rings is 1. The Balaban J connectivity index is 1.20. The van der Waals surface area contributed by atoms with E-state index in [4.69, 9.17) is 4.74 Å². The fourth-order valence-corrected chi connectivity index (χ4v) is 6.03. The van der Waals surface area contributed by atoms with Crippen molar-refractivity contribution in [3.63, 3.8) is 0 Å². The number of halogens is 1. The summed E-state index contributed by atoms with van der Waals surface area (Å²) in [6.07, 6.45) is 0.0156. The van der Waals surface area contributed by atoms with Gasteiger partial charge < -0.3 is 35.5 Å². The van der Waals surface area contributed by atoms with Crippen LogP contribution in [0, 0.1) is 17.1 Å². The number of amides is 2. The van der Waals surface area contributed by atoms with E-state index in [2.05, 4.69) is 51.8 Å². The van der Waals surface area contributed by atoms with Crippen molar-refractivity contribution in [2.45, 2.75) is 51.9 Å². The zero-order valence-corrected chi connectivity index (χ0v) is 31.6. The fourth-order valence-electron chi connectivity index (χ4n) is 6.03. The van der Waals surface area contributed by atoms with Gasteiger partial charge >= 0.3 is 6.09 Å². The molecule has 4 N–H and O–H groups in total. The molecular weight excluding hydrogens is 704 g/mol. The molecule has 6 rings (SSSR count). The van der Waals surface area contributed by atoms with E-state index in [9.17, 15) is 19.2 Å². The van der Waals surface area contributed by atoms with Crippen LogP contribution < -0.4 is 16.0 Å². The first-order valence-corrected chi connectivity index (χ1v) is 18.0. The second-order valence-electron chi connectivity index (χ2n) is 14.5. The maximum atomic E-state index is 13.8. The van der Waals surface area contributed by atoms with Gasteiger partial charge in [-0.15, -0.1) is 0 Å². The number of fused-ring (bicyclic) bond motifs is 1. The predicted octanol–water partition coefficient (Wildman–Crippen LogP) is 5.28. The number of likely N-dealkylation sites (N-methyl/N-ethyl adjacent to an activating group) is 1. The number of benzene rings is 3. The number of H-pyrrole nitrogens is 1. The van der Waals surface area contributed by atoms with E-state index in [1.165, 1.54) is 17.0 Å². The molecule has 0 saturated carbocycles. The number of piperazine rings is 1. The zero-order valence-electron chi connectivity index (χ0n) is 31.6. The molecule has 0 unspecified atom stereocenters. The molecule has 3 heterocycles. The SMILES string of the molecule is CN(C)C(=O)[C@H](Cc1ccc(C#N)cc1)Nc1nc(NCc2nc3ccc(F)cc3[nH]2)nc(Nc2cccc(CN3CCN(C(=O)OC(C)(C)C)CC3)c2)n1. The molecule has 1 atom stereocenters. The zero-order chi connectivity index (χ0) is 39.1. The number of nitrogens with zero attached hydrogens (tertiary/aromatic N) is 8. The van der Waals surface area contributed by atoms with Crippen molar-refractivity contribution < 1.29 is 18.7 Å². The number of anilines is 4. The number of hydrogen-bond acceptors (Lipinski definition) is 12. The molecule has 1 aliphatic rings.